The first kappa shape index (κ1) is 13.4. The highest BCUT2D eigenvalue weighted by Gasteiger charge is 2.13. The summed E-state index contributed by atoms with van der Waals surface area (Å²) >= 11 is 0. The van der Waals surface area contributed by atoms with Gasteiger partial charge in [0.15, 0.2) is 5.82 Å². The number of benzene rings is 1. The highest BCUT2D eigenvalue weighted by atomic mass is 15.4. The van der Waals surface area contributed by atoms with Gasteiger partial charge in [0.25, 0.3) is 0 Å². The smallest absolute Gasteiger partial charge is 0.169 e. The number of aromatic nitrogens is 5. The fourth-order valence-corrected chi connectivity index (χ4v) is 2.40. The summed E-state index contributed by atoms with van der Waals surface area (Å²) in [6.07, 6.45) is 5.47. The van der Waals surface area contributed by atoms with Crippen molar-refractivity contribution in [3.8, 4) is 5.69 Å². The van der Waals surface area contributed by atoms with Crippen LogP contribution >= 0.6 is 0 Å². The summed E-state index contributed by atoms with van der Waals surface area (Å²) in [5.74, 6) is 0.810. The maximum atomic E-state index is 5.88. The van der Waals surface area contributed by atoms with E-state index in [1.54, 1.807) is 12.5 Å². The first-order valence-electron chi connectivity index (χ1n) is 6.91. The Balaban J connectivity index is 1.83. The molecule has 0 bridgehead atoms. The highest BCUT2D eigenvalue weighted by Crippen LogP contribution is 2.20. The van der Waals surface area contributed by atoms with Gasteiger partial charge in [-0.3, -0.25) is 0 Å². The number of hydrogen-bond acceptors (Lipinski definition) is 4. The van der Waals surface area contributed by atoms with Gasteiger partial charge in [0, 0.05) is 18.1 Å². The minimum Gasteiger partial charge on any atom is -0.381 e. The quantitative estimate of drug-likeness (QED) is 0.796. The van der Waals surface area contributed by atoms with Gasteiger partial charge in [0.05, 0.1) is 18.6 Å². The Bertz CT molecular complexity index is 709. The summed E-state index contributed by atoms with van der Waals surface area (Å²) in [4.78, 5) is 4.05. The van der Waals surface area contributed by atoms with E-state index in [1.807, 2.05) is 15.4 Å². The van der Waals surface area contributed by atoms with Gasteiger partial charge in [-0.2, -0.15) is 0 Å². The van der Waals surface area contributed by atoms with Crippen LogP contribution in [0, 0.1) is 0 Å². The van der Waals surface area contributed by atoms with Crippen LogP contribution in [0.1, 0.15) is 31.0 Å². The first-order chi connectivity index (χ1) is 10.1. The van der Waals surface area contributed by atoms with Crippen molar-refractivity contribution < 1.29 is 0 Å². The van der Waals surface area contributed by atoms with Crippen molar-refractivity contribution in [1.82, 2.24) is 24.5 Å². The molecule has 2 aromatic heterocycles. The largest absolute Gasteiger partial charge is 0.381 e. The second-order valence-corrected chi connectivity index (χ2v) is 5.31. The molecule has 0 fully saturated rings. The second kappa shape index (κ2) is 5.40. The SMILES string of the molecule is CC(C)c1c(N)nnn1Cc1ccc(-n2ccnc2)cc1. The molecular weight excluding hydrogens is 264 g/mol. The van der Waals surface area contributed by atoms with Crippen LogP contribution in [0.2, 0.25) is 0 Å². The van der Waals surface area contributed by atoms with Crippen LogP contribution < -0.4 is 5.73 Å². The van der Waals surface area contributed by atoms with E-state index < -0.39 is 0 Å². The molecule has 0 amide bonds. The van der Waals surface area contributed by atoms with Crippen molar-refractivity contribution in [2.75, 3.05) is 5.73 Å². The van der Waals surface area contributed by atoms with Crippen LogP contribution in [0.4, 0.5) is 5.82 Å². The molecule has 0 unspecified atom stereocenters. The van der Waals surface area contributed by atoms with Crippen LogP contribution in [0.15, 0.2) is 43.0 Å². The third kappa shape index (κ3) is 2.65. The Kier molecular flexibility index (Phi) is 3.43. The molecule has 1 aromatic carbocycles. The van der Waals surface area contributed by atoms with E-state index in [1.165, 1.54) is 0 Å². The number of nitrogen functional groups attached to an aromatic ring is 1. The van der Waals surface area contributed by atoms with Gasteiger partial charge in [-0.15, -0.1) is 5.10 Å². The summed E-state index contributed by atoms with van der Waals surface area (Å²) in [7, 11) is 0. The van der Waals surface area contributed by atoms with Gasteiger partial charge in [0.1, 0.15) is 0 Å². The molecule has 2 heterocycles. The van der Waals surface area contributed by atoms with E-state index in [0.717, 1.165) is 16.9 Å². The molecule has 6 heteroatoms. The predicted octanol–water partition coefficient (Wildman–Crippen LogP) is 2.22. The number of rotatable bonds is 4. The van der Waals surface area contributed by atoms with Crippen molar-refractivity contribution in [2.45, 2.75) is 26.3 Å². The topological polar surface area (TPSA) is 74.5 Å². The lowest BCUT2D eigenvalue weighted by Crippen LogP contribution is -2.09. The molecule has 3 aromatic rings. The molecule has 0 saturated heterocycles. The van der Waals surface area contributed by atoms with Gasteiger partial charge < -0.3 is 10.3 Å². The summed E-state index contributed by atoms with van der Waals surface area (Å²) in [6, 6.07) is 8.29. The van der Waals surface area contributed by atoms with E-state index in [-0.39, 0.29) is 0 Å². The fourth-order valence-electron chi connectivity index (χ4n) is 2.40. The van der Waals surface area contributed by atoms with Crippen molar-refractivity contribution in [2.24, 2.45) is 0 Å². The number of nitrogens with zero attached hydrogens (tertiary/aromatic N) is 5. The molecule has 0 aliphatic rings. The summed E-state index contributed by atoms with van der Waals surface area (Å²) in [5.41, 5.74) is 9.10. The van der Waals surface area contributed by atoms with Crippen LogP contribution in [-0.4, -0.2) is 24.5 Å². The molecule has 0 saturated carbocycles. The minimum atomic E-state index is 0.297. The van der Waals surface area contributed by atoms with E-state index in [4.69, 9.17) is 5.73 Å². The summed E-state index contributed by atoms with van der Waals surface area (Å²) in [6.45, 7) is 4.85. The van der Waals surface area contributed by atoms with Crippen molar-refractivity contribution in [3.63, 3.8) is 0 Å². The summed E-state index contributed by atoms with van der Waals surface area (Å²) in [5, 5.41) is 8.10. The molecule has 0 aliphatic heterocycles. The number of nitrogens with two attached hydrogens (primary N) is 1. The van der Waals surface area contributed by atoms with E-state index in [2.05, 4.69) is 53.4 Å². The average molecular weight is 282 g/mol. The minimum absolute atomic E-state index is 0.297. The molecule has 2 N–H and O–H groups in total. The molecule has 3 rings (SSSR count). The normalized spacial score (nSPS) is 11.2. The van der Waals surface area contributed by atoms with Crippen molar-refractivity contribution >= 4 is 5.82 Å². The lowest BCUT2D eigenvalue weighted by atomic mass is 10.1. The zero-order chi connectivity index (χ0) is 14.8. The number of imidazole rings is 1. The van der Waals surface area contributed by atoms with Crippen molar-refractivity contribution in [3.05, 3.63) is 54.2 Å². The van der Waals surface area contributed by atoms with Crippen LogP contribution in [0.25, 0.3) is 5.69 Å². The van der Waals surface area contributed by atoms with Crippen LogP contribution in [0.3, 0.4) is 0 Å². The third-order valence-electron chi connectivity index (χ3n) is 3.42. The molecule has 0 radical (unpaired) electrons. The molecule has 6 nitrogen and oxygen atoms in total. The van der Waals surface area contributed by atoms with Gasteiger partial charge in [-0.1, -0.05) is 31.2 Å². The molecule has 0 atom stereocenters. The monoisotopic (exact) mass is 282 g/mol. The fraction of sp³-hybridized carbons (Fsp3) is 0.267. The van der Waals surface area contributed by atoms with E-state index in [9.17, 15) is 0 Å². The zero-order valence-electron chi connectivity index (χ0n) is 12.1. The van der Waals surface area contributed by atoms with Crippen molar-refractivity contribution in [1.29, 1.82) is 0 Å². The molecule has 0 aliphatic carbocycles. The Labute approximate surface area is 123 Å². The van der Waals surface area contributed by atoms with Gasteiger partial charge >= 0.3 is 0 Å². The molecule has 0 spiro atoms. The Hall–Kier alpha value is -2.63. The average Bonchev–Trinajstić information content (AvgIpc) is 3.10. The second-order valence-electron chi connectivity index (χ2n) is 5.31. The first-order valence-corrected chi connectivity index (χ1v) is 6.91. The van der Waals surface area contributed by atoms with Crippen LogP contribution in [-0.2, 0) is 6.54 Å². The summed E-state index contributed by atoms with van der Waals surface area (Å²) < 4.78 is 3.84. The standard InChI is InChI=1S/C15H18N6/c1-11(2)14-15(16)18-19-21(14)9-12-3-5-13(6-4-12)20-8-7-17-10-20/h3-8,10-11H,9,16H2,1-2H3. The van der Waals surface area contributed by atoms with Crippen LogP contribution in [0.5, 0.6) is 0 Å². The van der Waals surface area contributed by atoms with Gasteiger partial charge in [-0.25, -0.2) is 9.67 Å². The number of hydrogen-bond donors (Lipinski definition) is 1. The maximum absolute atomic E-state index is 5.88. The predicted molar refractivity (Wildman–Crippen MR) is 81.2 cm³/mol. The lowest BCUT2D eigenvalue weighted by Gasteiger charge is -2.10. The Morgan fingerprint density at radius 2 is 1.95 bits per heavy atom. The molecular formula is C15H18N6. The van der Waals surface area contributed by atoms with E-state index >= 15 is 0 Å². The van der Waals surface area contributed by atoms with E-state index in [0.29, 0.717) is 18.3 Å². The maximum Gasteiger partial charge on any atom is 0.169 e. The highest BCUT2D eigenvalue weighted by molar-refractivity contribution is 5.37. The lowest BCUT2D eigenvalue weighted by molar-refractivity contribution is 0.598. The number of anilines is 1. The molecule has 108 valence electrons. The Morgan fingerprint density at radius 3 is 2.57 bits per heavy atom. The molecule has 21 heavy (non-hydrogen) atoms. The third-order valence-corrected chi connectivity index (χ3v) is 3.42. The zero-order valence-corrected chi connectivity index (χ0v) is 12.1. The van der Waals surface area contributed by atoms with Gasteiger partial charge in [-0.05, 0) is 23.6 Å². The van der Waals surface area contributed by atoms with Gasteiger partial charge in [0.2, 0.25) is 0 Å². The Morgan fingerprint density at radius 1 is 1.19 bits per heavy atom.